The Bertz CT molecular complexity index is 532. The predicted octanol–water partition coefficient (Wildman–Crippen LogP) is 2.79. The van der Waals surface area contributed by atoms with Gasteiger partial charge < -0.3 is 14.6 Å². The highest BCUT2D eigenvalue weighted by atomic mass is 15.3. The highest BCUT2D eigenvalue weighted by Gasteiger charge is 2.16. The molecule has 0 radical (unpaired) electrons. The molecule has 0 bridgehead atoms. The lowest BCUT2D eigenvalue weighted by molar-refractivity contribution is 0.693. The first kappa shape index (κ1) is 13.6. The fraction of sp³-hybridized carbons (Fsp3) is 0.571. The van der Waals surface area contributed by atoms with Crippen LogP contribution in [0.3, 0.4) is 0 Å². The first-order valence-corrected chi connectivity index (χ1v) is 7.01. The maximum Gasteiger partial charge on any atom is 0.180 e. The third-order valence-electron chi connectivity index (χ3n) is 3.15. The molecule has 19 heavy (non-hydrogen) atoms. The SMILES string of the molecule is CCCNc1cn2ccnc2c(N(CC)C(C)C)n1. The van der Waals surface area contributed by atoms with Crippen LogP contribution in [0.4, 0.5) is 11.6 Å². The van der Waals surface area contributed by atoms with E-state index >= 15 is 0 Å². The molecule has 0 unspecified atom stereocenters. The van der Waals surface area contributed by atoms with E-state index in [0.29, 0.717) is 6.04 Å². The van der Waals surface area contributed by atoms with E-state index in [9.17, 15) is 0 Å². The molecule has 0 aliphatic rings. The lowest BCUT2D eigenvalue weighted by Gasteiger charge is -2.27. The van der Waals surface area contributed by atoms with Crippen molar-refractivity contribution < 1.29 is 0 Å². The first-order chi connectivity index (χ1) is 9.17. The molecule has 0 aliphatic heterocycles. The summed E-state index contributed by atoms with van der Waals surface area (Å²) < 4.78 is 2.03. The highest BCUT2D eigenvalue weighted by Crippen LogP contribution is 2.22. The number of fused-ring (bicyclic) bond motifs is 1. The van der Waals surface area contributed by atoms with Crippen LogP contribution in [0.25, 0.3) is 5.65 Å². The number of nitrogens with zero attached hydrogens (tertiary/aromatic N) is 4. The minimum Gasteiger partial charge on any atom is -0.369 e. The number of anilines is 2. The van der Waals surface area contributed by atoms with Crippen LogP contribution in [0.15, 0.2) is 18.6 Å². The fourth-order valence-corrected chi connectivity index (χ4v) is 2.21. The van der Waals surface area contributed by atoms with Crippen molar-refractivity contribution in [3.8, 4) is 0 Å². The Morgan fingerprint density at radius 1 is 1.37 bits per heavy atom. The van der Waals surface area contributed by atoms with Crippen molar-refractivity contribution >= 4 is 17.3 Å². The number of aromatic nitrogens is 3. The minimum atomic E-state index is 0.402. The topological polar surface area (TPSA) is 45.5 Å². The largest absolute Gasteiger partial charge is 0.369 e. The van der Waals surface area contributed by atoms with Gasteiger partial charge in [-0.2, -0.15) is 0 Å². The summed E-state index contributed by atoms with van der Waals surface area (Å²) in [5.74, 6) is 1.85. The van der Waals surface area contributed by atoms with Gasteiger partial charge in [0.25, 0.3) is 0 Å². The van der Waals surface area contributed by atoms with Crippen molar-refractivity contribution in [2.75, 3.05) is 23.3 Å². The van der Waals surface area contributed by atoms with E-state index in [1.54, 1.807) is 0 Å². The summed E-state index contributed by atoms with van der Waals surface area (Å²) in [5, 5.41) is 3.35. The van der Waals surface area contributed by atoms with Gasteiger partial charge in [0, 0.05) is 31.5 Å². The molecule has 0 saturated heterocycles. The summed E-state index contributed by atoms with van der Waals surface area (Å²) in [7, 11) is 0. The van der Waals surface area contributed by atoms with Crippen LogP contribution in [0, 0.1) is 0 Å². The second kappa shape index (κ2) is 5.91. The maximum atomic E-state index is 4.73. The molecule has 0 fully saturated rings. The summed E-state index contributed by atoms with van der Waals surface area (Å²) in [6, 6.07) is 0.402. The van der Waals surface area contributed by atoms with Gasteiger partial charge in [-0.05, 0) is 27.2 Å². The van der Waals surface area contributed by atoms with Crippen LogP contribution in [0.5, 0.6) is 0 Å². The standard InChI is InChI=1S/C14H23N5/c1-5-7-15-12-10-18-9-8-16-13(18)14(17-12)19(6-2)11(3)4/h8-11,15H,5-7H2,1-4H3. The molecule has 0 saturated carbocycles. The van der Waals surface area contributed by atoms with E-state index in [1.165, 1.54) is 0 Å². The average Bonchev–Trinajstić information content (AvgIpc) is 2.85. The zero-order chi connectivity index (χ0) is 13.8. The number of hydrogen-bond donors (Lipinski definition) is 1. The Labute approximate surface area is 114 Å². The maximum absolute atomic E-state index is 4.73. The Hall–Kier alpha value is -1.78. The Kier molecular flexibility index (Phi) is 4.24. The number of imidazole rings is 1. The van der Waals surface area contributed by atoms with Crippen molar-refractivity contribution in [1.29, 1.82) is 0 Å². The first-order valence-electron chi connectivity index (χ1n) is 7.01. The Balaban J connectivity index is 2.46. The monoisotopic (exact) mass is 261 g/mol. The van der Waals surface area contributed by atoms with E-state index in [1.807, 2.05) is 23.0 Å². The van der Waals surface area contributed by atoms with Gasteiger partial charge in [0.05, 0.1) is 6.20 Å². The van der Waals surface area contributed by atoms with Crippen molar-refractivity contribution in [1.82, 2.24) is 14.4 Å². The normalized spacial score (nSPS) is 11.2. The molecule has 2 heterocycles. The van der Waals surface area contributed by atoms with Gasteiger partial charge in [0.1, 0.15) is 5.82 Å². The van der Waals surface area contributed by atoms with Gasteiger partial charge in [-0.1, -0.05) is 6.92 Å². The molecular weight excluding hydrogens is 238 g/mol. The summed E-state index contributed by atoms with van der Waals surface area (Å²) in [5.41, 5.74) is 0.914. The van der Waals surface area contributed by atoms with Crippen LogP contribution in [0.2, 0.25) is 0 Å². The molecule has 0 atom stereocenters. The van der Waals surface area contributed by atoms with Gasteiger partial charge in [0.2, 0.25) is 0 Å². The van der Waals surface area contributed by atoms with E-state index < -0.39 is 0 Å². The summed E-state index contributed by atoms with van der Waals surface area (Å²) in [6.45, 7) is 10.5. The molecule has 1 N–H and O–H groups in total. The zero-order valence-electron chi connectivity index (χ0n) is 12.2. The van der Waals surface area contributed by atoms with Crippen LogP contribution >= 0.6 is 0 Å². The molecule has 5 nitrogen and oxygen atoms in total. The smallest absolute Gasteiger partial charge is 0.180 e. The molecule has 2 rings (SSSR count). The van der Waals surface area contributed by atoms with Gasteiger partial charge in [-0.15, -0.1) is 0 Å². The van der Waals surface area contributed by atoms with E-state index in [0.717, 1.165) is 36.8 Å². The lowest BCUT2D eigenvalue weighted by atomic mass is 10.3. The zero-order valence-corrected chi connectivity index (χ0v) is 12.2. The third kappa shape index (κ3) is 2.80. The van der Waals surface area contributed by atoms with Crippen molar-refractivity contribution in [3.05, 3.63) is 18.6 Å². The fourth-order valence-electron chi connectivity index (χ4n) is 2.21. The number of nitrogens with one attached hydrogen (secondary N) is 1. The molecule has 0 spiro atoms. The van der Waals surface area contributed by atoms with Crippen molar-refractivity contribution in [3.63, 3.8) is 0 Å². The van der Waals surface area contributed by atoms with Gasteiger partial charge >= 0.3 is 0 Å². The molecule has 5 heteroatoms. The highest BCUT2D eigenvalue weighted by molar-refractivity contribution is 5.67. The molecule has 0 aromatic carbocycles. The van der Waals surface area contributed by atoms with E-state index in [4.69, 9.17) is 4.98 Å². The minimum absolute atomic E-state index is 0.402. The average molecular weight is 261 g/mol. The third-order valence-corrected chi connectivity index (χ3v) is 3.15. The summed E-state index contributed by atoms with van der Waals surface area (Å²) in [4.78, 5) is 11.4. The Morgan fingerprint density at radius 2 is 2.16 bits per heavy atom. The van der Waals surface area contributed by atoms with Crippen LogP contribution in [-0.4, -0.2) is 33.5 Å². The molecule has 0 amide bonds. The quantitative estimate of drug-likeness (QED) is 0.868. The van der Waals surface area contributed by atoms with E-state index in [2.05, 4.69) is 42.9 Å². The van der Waals surface area contributed by atoms with Gasteiger partial charge in [-0.3, -0.25) is 0 Å². The molecule has 2 aromatic rings. The van der Waals surface area contributed by atoms with Gasteiger partial charge in [0.15, 0.2) is 11.5 Å². The van der Waals surface area contributed by atoms with Crippen LogP contribution in [-0.2, 0) is 0 Å². The number of hydrogen-bond acceptors (Lipinski definition) is 4. The second-order valence-electron chi connectivity index (χ2n) is 4.91. The molecule has 0 aliphatic carbocycles. The van der Waals surface area contributed by atoms with E-state index in [-0.39, 0.29) is 0 Å². The summed E-state index contributed by atoms with van der Waals surface area (Å²) >= 11 is 0. The molecular formula is C14H23N5. The van der Waals surface area contributed by atoms with Crippen LogP contribution < -0.4 is 10.2 Å². The van der Waals surface area contributed by atoms with Crippen molar-refractivity contribution in [2.24, 2.45) is 0 Å². The second-order valence-corrected chi connectivity index (χ2v) is 4.91. The van der Waals surface area contributed by atoms with Crippen molar-refractivity contribution in [2.45, 2.75) is 40.2 Å². The Morgan fingerprint density at radius 3 is 2.79 bits per heavy atom. The lowest BCUT2D eigenvalue weighted by Crippen LogP contribution is -2.31. The predicted molar refractivity (Wildman–Crippen MR) is 79.9 cm³/mol. The number of rotatable bonds is 6. The molecule has 2 aromatic heterocycles. The van der Waals surface area contributed by atoms with Crippen LogP contribution in [0.1, 0.15) is 34.1 Å². The molecule has 104 valence electrons. The summed E-state index contributed by atoms with van der Waals surface area (Å²) in [6.07, 6.45) is 6.86. The van der Waals surface area contributed by atoms with Gasteiger partial charge in [-0.25, -0.2) is 9.97 Å².